The molecule has 0 radical (unpaired) electrons. The topological polar surface area (TPSA) is 18.5 Å². The molecule has 2 heterocycles. The minimum absolute atomic E-state index is 0.540. The molecular formula is C15H22IN3. The molecule has 0 saturated carbocycles. The summed E-state index contributed by atoms with van der Waals surface area (Å²) in [6.45, 7) is 9.55. The van der Waals surface area contributed by atoms with Crippen LogP contribution in [0.15, 0.2) is 24.3 Å². The third-order valence-corrected chi connectivity index (χ3v) is 5.24. The van der Waals surface area contributed by atoms with Crippen LogP contribution in [0.5, 0.6) is 0 Å². The zero-order valence-electron chi connectivity index (χ0n) is 11.5. The van der Waals surface area contributed by atoms with Crippen molar-refractivity contribution < 1.29 is 0 Å². The molecule has 3 nitrogen and oxygen atoms in total. The number of benzene rings is 1. The van der Waals surface area contributed by atoms with E-state index in [9.17, 15) is 0 Å². The summed E-state index contributed by atoms with van der Waals surface area (Å²) in [5.74, 6) is 0. The summed E-state index contributed by atoms with van der Waals surface area (Å²) in [7, 11) is 0. The Balaban J connectivity index is 1.56. The highest BCUT2D eigenvalue weighted by Crippen LogP contribution is 2.23. The number of nitrogens with zero attached hydrogens (tertiary/aromatic N) is 2. The Morgan fingerprint density at radius 1 is 1.11 bits per heavy atom. The molecule has 1 aromatic carbocycles. The second-order valence-electron chi connectivity index (χ2n) is 5.61. The number of halogens is 1. The molecule has 2 aliphatic rings. The van der Waals surface area contributed by atoms with Crippen LogP contribution in [-0.4, -0.2) is 55.1 Å². The van der Waals surface area contributed by atoms with Gasteiger partial charge in [0.1, 0.15) is 0 Å². The Bertz CT molecular complexity index is 408. The van der Waals surface area contributed by atoms with Crippen molar-refractivity contribution in [3.05, 3.63) is 33.4 Å². The van der Waals surface area contributed by atoms with E-state index in [0.717, 1.165) is 6.04 Å². The Morgan fingerprint density at radius 3 is 2.26 bits per heavy atom. The molecule has 2 saturated heterocycles. The van der Waals surface area contributed by atoms with Crippen LogP contribution in [0.2, 0.25) is 0 Å². The number of nitrogens with one attached hydrogen (secondary N) is 1. The smallest absolute Gasteiger partial charge is 0.0346 e. The van der Waals surface area contributed by atoms with Gasteiger partial charge in [-0.3, -0.25) is 9.80 Å². The second-order valence-corrected chi connectivity index (χ2v) is 6.86. The molecule has 1 atom stereocenters. The molecule has 1 unspecified atom stereocenters. The lowest BCUT2D eigenvalue weighted by atomic mass is 10.0. The maximum absolute atomic E-state index is 3.37. The van der Waals surface area contributed by atoms with Crippen LogP contribution in [0.1, 0.15) is 18.5 Å². The summed E-state index contributed by atoms with van der Waals surface area (Å²) in [5, 5.41) is 3.37. The first-order valence-electron chi connectivity index (χ1n) is 7.18. The normalized spacial score (nSPS) is 24.1. The standard InChI is InChI=1S/C15H22IN3/c1-12(13-2-4-14(16)5-3-13)18-6-8-19(9-7-18)15-10-17-11-15/h2-5,12,15,17H,6-11H2,1H3. The Hall–Kier alpha value is -0.170. The van der Waals surface area contributed by atoms with Gasteiger partial charge in [0.25, 0.3) is 0 Å². The van der Waals surface area contributed by atoms with Gasteiger partial charge in [-0.1, -0.05) is 12.1 Å². The van der Waals surface area contributed by atoms with Gasteiger partial charge in [0.2, 0.25) is 0 Å². The van der Waals surface area contributed by atoms with Crippen LogP contribution >= 0.6 is 22.6 Å². The van der Waals surface area contributed by atoms with Gasteiger partial charge >= 0.3 is 0 Å². The summed E-state index contributed by atoms with van der Waals surface area (Å²) >= 11 is 2.37. The second kappa shape index (κ2) is 6.08. The van der Waals surface area contributed by atoms with Crippen LogP contribution < -0.4 is 5.32 Å². The molecule has 1 aromatic rings. The van der Waals surface area contributed by atoms with Gasteiger partial charge in [-0.2, -0.15) is 0 Å². The van der Waals surface area contributed by atoms with Gasteiger partial charge in [-0.25, -0.2) is 0 Å². The molecule has 0 aromatic heterocycles. The molecule has 0 aliphatic carbocycles. The predicted octanol–water partition coefficient (Wildman–Crippen LogP) is 1.94. The van der Waals surface area contributed by atoms with Crippen molar-refractivity contribution in [3.63, 3.8) is 0 Å². The average Bonchev–Trinajstić information content (AvgIpc) is 2.38. The average molecular weight is 371 g/mol. The summed E-state index contributed by atoms with van der Waals surface area (Å²) in [6, 6.07) is 10.3. The van der Waals surface area contributed by atoms with Crippen molar-refractivity contribution >= 4 is 22.6 Å². The molecular weight excluding hydrogens is 349 g/mol. The summed E-state index contributed by atoms with van der Waals surface area (Å²) in [5.41, 5.74) is 1.44. The van der Waals surface area contributed by atoms with Crippen molar-refractivity contribution in [2.75, 3.05) is 39.3 Å². The first-order chi connectivity index (χ1) is 9.24. The van der Waals surface area contributed by atoms with Crippen LogP contribution in [-0.2, 0) is 0 Å². The monoisotopic (exact) mass is 371 g/mol. The van der Waals surface area contributed by atoms with Gasteiger partial charge in [0.15, 0.2) is 0 Å². The fraction of sp³-hybridized carbons (Fsp3) is 0.600. The van der Waals surface area contributed by atoms with E-state index in [-0.39, 0.29) is 0 Å². The Kier molecular flexibility index (Phi) is 4.41. The largest absolute Gasteiger partial charge is 0.314 e. The summed E-state index contributed by atoms with van der Waals surface area (Å²) < 4.78 is 1.32. The van der Waals surface area contributed by atoms with E-state index in [0.29, 0.717) is 6.04 Å². The number of hydrogen-bond acceptors (Lipinski definition) is 3. The zero-order chi connectivity index (χ0) is 13.2. The lowest BCUT2D eigenvalue weighted by molar-refractivity contribution is 0.0552. The molecule has 0 amide bonds. The molecule has 0 spiro atoms. The van der Waals surface area contributed by atoms with E-state index in [1.165, 1.54) is 48.4 Å². The van der Waals surface area contributed by atoms with E-state index < -0.39 is 0 Å². The highest BCUT2D eigenvalue weighted by atomic mass is 127. The quantitative estimate of drug-likeness (QED) is 0.820. The maximum Gasteiger partial charge on any atom is 0.0346 e. The van der Waals surface area contributed by atoms with Gasteiger partial charge in [0, 0.05) is 54.9 Å². The minimum Gasteiger partial charge on any atom is -0.314 e. The third kappa shape index (κ3) is 3.12. The fourth-order valence-corrected chi connectivity index (χ4v) is 3.33. The van der Waals surface area contributed by atoms with Crippen molar-refractivity contribution in [1.82, 2.24) is 15.1 Å². The molecule has 4 heteroatoms. The molecule has 19 heavy (non-hydrogen) atoms. The Morgan fingerprint density at radius 2 is 1.74 bits per heavy atom. The molecule has 104 valence electrons. The zero-order valence-corrected chi connectivity index (χ0v) is 13.6. The Labute approximate surface area is 129 Å². The first-order valence-corrected chi connectivity index (χ1v) is 8.26. The lowest BCUT2D eigenvalue weighted by Gasteiger charge is -2.44. The van der Waals surface area contributed by atoms with E-state index >= 15 is 0 Å². The fourth-order valence-electron chi connectivity index (χ4n) is 2.97. The number of rotatable bonds is 3. The predicted molar refractivity (Wildman–Crippen MR) is 87.4 cm³/mol. The molecule has 0 bridgehead atoms. The van der Waals surface area contributed by atoms with Gasteiger partial charge < -0.3 is 5.32 Å². The minimum atomic E-state index is 0.540. The summed E-state index contributed by atoms with van der Waals surface area (Å²) in [6.07, 6.45) is 0. The van der Waals surface area contributed by atoms with Crippen molar-refractivity contribution in [2.45, 2.75) is 19.0 Å². The van der Waals surface area contributed by atoms with Gasteiger partial charge in [-0.05, 0) is 47.2 Å². The molecule has 2 aliphatic heterocycles. The maximum atomic E-state index is 3.37. The van der Waals surface area contributed by atoms with E-state index in [1.54, 1.807) is 0 Å². The van der Waals surface area contributed by atoms with Crippen molar-refractivity contribution in [2.24, 2.45) is 0 Å². The van der Waals surface area contributed by atoms with Crippen LogP contribution in [0, 0.1) is 3.57 Å². The van der Waals surface area contributed by atoms with E-state index in [1.807, 2.05) is 0 Å². The van der Waals surface area contributed by atoms with Crippen molar-refractivity contribution in [3.8, 4) is 0 Å². The van der Waals surface area contributed by atoms with Gasteiger partial charge in [0.05, 0.1) is 0 Å². The van der Waals surface area contributed by atoms with Crippen LogP contribution in [0.4, 0.5) is 0 Å². The number of piperazine rings is 1. The van der Waals surface area contributed by atoms with Crippen LogP contribution in [0.25, 0.3) is 0 Å². The van der Waals surface area contributed by atoms with E-state index in [2.05, 4.69) is 68.9 Å². The molecule has 3 rings (SSSR count). The number of hydrogen-bond donors (Lipinski definition) is 1. The third-order valence-electron chi connectivity index (χ3n) is 4.53. The van der Waals surface area contributed by atoms with Crippen molar-refractivity contribution in [1.29, 1.82) is 0 Å². The molecule has 2 fully saturated rings. The lowest BCUT2D eigenvalue weighted by Crippen LogP contribution is -2.61. The highest BCUT2D eigenvalue weighted by molar-refractivity contribution is 14.1. The first kappa shape index (κ1) is 13.8. The highest BCUT2D eigenvalue weighted by Gasteiger charge is 2.29. The van der Waals surface area contributed by atoms with Gasteiger partial charge in [-0.15, -0.1) is 0 Å². The molecule has 1 N–H and O–H groups in total. The van der Waals surface area contributed by atoms with Crippen LogP contribution in [0.3, 0.4) is 0 Å². The summed E-state index contributed by atoms with van der Waals surface area (Å²) in [4.78, 5) is 5.26. The SMILES string of the molecule is CC(c1ccc(I)cc1)N1CCN(C2CNC2)CC1. The van der Waals surface area contributed by atoms with E-state index in [4.69, 9.17) is 0 Å².